The van der Waals surface area contributed by atoms with Gasteiger partial charge in [0.1, 0.15) is 10.4 Å². The molecular formula is C14H10BrN3O3. The van der Waals surface area contributed by atoms with Gasteiger partial charge in [-0.25, -0.2) is 4.68 Å². The molecule has 0 saturated heterocycles. The van der Waals surface area contributed by atoms with E-state index in [0.717, 1.165) is 17.0 Å². The Morgan fingerprint density at radius 2 is 1.95 bits per heavy atom. The normalized spacial score (nSPS) is 10.8. The smallest absolute Gasteiger partial charge is 0.270 e. The number of nitro benzene ring substituents is 1. The number of ether oxygens (including phenoxy) is 1. The number of fused-ring (bicyclic) bond motifs is 1. The summed E-state index contributed by atoms with van der Waals surface area (Å²) >= 11 is 3.35. The van der Waals surface area contributed by atoms with Gasteiger partial charge in [-0.15, -0.1) is 0 Å². The van der Waals surface area contributed by atoms with E-state index in [1.165, 1.54) is 12.1 Å². The van der Waals surface area contributed by atoms with Gasteiger partial charge in [0.15, 0.2) is 0 Å². The largest absolute Gasteiger partial charge is 0.497 e. The number of rotatable bonds is 3. The van der Waals surface area contributed by atoms with Crippen LogP contribution < -0.4 is 4.74 Å². The van der Waals surface area contributed by atoms with E-state index in [-0.39, 0.29) is 5.69 Å². The highest BCUT2D eigenvalue weighted by molar-refractivity contribution is 9.10. The van der Waals surface area contributed by atoms with Crippen LogP contribution >= 0.6 is 15.9 Å². The molecule has 6 nitrogen and oxygen atoms in total. The van der Waals surface area contributed by atoms with E-state index >= 15 is 0 Å². The fraction of sp³-hybridized carbons (Fsp3) is 0.0714. The molecule has 0 aliphatic carbocycles. The Kier molecular flexibility index (Phi) is 3.34. The van der Waals surface area contributed by atoms with Gasteiger partial charge >= 0.3 is 0 Å². The number of halogens is 1. The molecule has 0 atom stereocenters. The predicted molar refractivity (Wildman–Crippen MR) is 82.0 cm³/mol. The molecule has 0 amide bonds. The summed E-state index contributed by atoms with van der Waals surface area (Å²) in [6, 6.07) is 12.1. The highest BCUT2D eigenvalue weighted by Gasteiger charge is 2.14. The average Bonchev–Trinajstić information content (AvgIpc) is 2.84. The maximum atomic E-state index is 10.9. The average molecular weight is 348 g/mol. The van der Waals surface area contributed by atoms with Crippen LogP contribution in [0.2, 0.25) is 0 Å². The van der Waals surface area contributed by atoms with Crippen molar-refractivity contribution in [2.24, 2.45) is 0 Å². The molecule has 0 unspecified atom stereocenters. The third kappa shape index (κ3) is 2.36. The van der Waals surface area contributed by atoms with Crippen LogP contribution in [0.3, 0.4) is 0 Å². The van der Waals surface area contributed by atoms with Crippen molar-refractivity contribution in [2.45, 2.75) is 0 Å². The van der Waals surface area contributed by atoms with Crippen molar-refractivity contribution >= 4 is 32.5 Å². The van der Waals surface area contributed by atoms with E-state index in [0.29, 0.717) is 9.99 Å². The number of benzene rings is 2. The van der Waals surface area contributed by atoms with Gasteiger partial charge in [0.25, 0.3) is 5.69 Å². The van der Waals surface area contributed by atoms with E-state index in [4.69, 9.17) is 4.74 Å². The summed E-state index contributed by atoms with van der Waals surface area (Å²) in [5, 5.41) is 15.9. The lowest BCUT2D eigenvalue weighted by Gasteiger charge is -2.04. The molecule has 0 aliphatic heterocycles. The van der Waals surface area contributed by atoms with Crippen LogP contribution in [0.5, 0.6) is 5.75 Å². The van der Waals surface area contributed by atoms with E-state index in [1.54, 1.807) is 17.9 Å². The highest BCUT2D eigenvalue weighted by atomic mass is 79.9. The van der Waals surface area contributed by atoms with Gasteiger partial charge in [-0.3, -0.25) is 10.1 Å². The molecule has 0 aliphatic rings. The molecular weight excluding hydrogens is 338 g/mol. The minimum Gasteiger partial charge on any atom is -0.497 e. The monoisotopic (exact) mass is 347 g/mol. The number of hydrogen-bond acceptors (Lipinski definition) is 4. The molecule has 1 aromatic heterocycles. The fourth-order valence-electron chi connectivity index (χ4n) is 2.10. The summed E-state index contributed by atoms with van der Waals surface area (Å²) in [7, 11) is 1.61. The molecule has 7 heteroatoms. The summed E-state index contributed by atoms with van der Waals surface area (Å²) in [6.07, 6.45) is 0. The molecule has 3 aromatic rings. The first kappa shape index (κ1) is 13.6. The van der Waals surface area contributed by atoms with Crippen molar-refractivity contribution in [3.8, 4) is 11.4 Å². The molecule has 21 heavy (non-hydrogen) atoms. The number of aromatic nitrogens is 2. The Hall–Kier alpha value is -2.41. The minimum absolute atomic E-state index is 0.0393. The van der Waals surface area contributed by atoms with E-state index in [2.05, 4.69) is 21.0 Å². The third-order valence-electron chi connectivity index (χ3n) is 3.15. The topological polar surface area (TPSA) is 70.2 Å². The molecule has 0 radical (unpaired) electrons. The number of methoxy groups -OCH3 is 1. The molecule has 0 spiro atoms. The van der Waals surface area contributed by atoms with Crippen LogP contribution in [0, 0.1) is 10.1 Å². The van der Waals surface area contributed by atoms with Gasteiger partial charge in [-0.1, -0.05) is 0 Å². The predicted octanol–water partition coefficient (Wildman–Crippen LogP) is 3.70. The van der Waals surface area contributed by atoms with Crippen LogP contribution in [0.4, 0.5) is 5.69 Å². The molecule has 0 bridgehead atoms. The first-order valence-electron chi connectivity index (χ1n) is 6.07. The van der Waals surface area contributed by atoms with Crippen molar-refractivity contribution in [1.29, 1.82) is 0 Å². The van der Waals surface area contributed by atoms with Crippen LogP contribution in [-0.2, 0) is 0 Å². The summed E-state index contributed by atoms with van der Waals surface area (Å²) in [5.41, 5.74) is 1.68. The Balaban J connectivity index is 2.16. The zero-order chi connectivity index (χ0) is 15.0. The number of hydrogen-bond donors (Lipinski definition) is 0. The lowest BCUT2D eigenvalue weighted by molar-refractivity contribution is -0.384. The van der Waals surface area contributed by atoms with Gasteiger partial charge < -0.3 is 4.74 Å². The third-order valence-corrected chi connectivity index (χ3v) is 3.73. The fourth-order valence-corrected chi connectivity index (χ4v) is 2.58. The number of non-ortho nitro benzene ring substituents is 1. The van der Waals surface area contributed by atoms with Crippen LogP contribution in [0.15, 0.2) is 47.1 Å². The van der Waals surface area contributed by atoms with Gasteiger partial charge in [-0.2, -0.15) is 5.10 Å². The van der Waals surface area contributed by atoms with Crippen molar-refractivity contribution in [3.05, 3.63) is 57.2 Å². The molecule has 0 fully saturated rings. The van der Waals surface area contributed by atoms with Gasteiger partial charge in [-0.05, 0) is 46.3 Å². The maximum Gasteiger partial charge on any atom is 0.270 e. The number of nitrogens with zero attached hydrogens (tertiary/aromatic N) is 3. The second kappa shape index (κ2) is 5.17. The molecule has 3 rings (SSSR count). The first-order valence-corrected chi connectivity index (χ1v) is 6.86. The van der Waals surface area contributed by atoms with Crippen molar-refractivity contribution in [3.63, 3.8) is 0 Å². The molecule has 1 heterocycles. The Labute approximate surface area is 128 Å². The Bertz CT molecular complexity index is 827. The second-order valence-electron chi connectivity index (χ2n) is 4.36. The summed E-state index contributed by atoms with van der Waals surface area (Å²) in [6.45, 7) is 0. The van der Waals surface area contributed by atoms with Crippen LogP contribution in [0.25, 0.3) is 16.6 Å². The highest BCUT2D eigenvalue weighted by Crippen LogP contribution is 2.29. The van der Waals surface area contributed by atoms with E-state index in [1.807, 2.05) is 24.3 Å². The van der Waals surface area contributed by atoms with Gasteiger partial charge in [0.05, 0.1) is 23.2 Å². The lowest BCUT2D eigenvalue weighted by Crippen LogP contribution is -1.96. The van der Waals surface area contributed by atoms with E-state index in [9.17, 15) is 10.1 Å². The molecule has 0 saturated carbocycles. The minimum atomic E-state index is -0.420. The first-order chi connectivity index (χ1) is 10.1. The summed E-state index contributed by atoms with van der Waals surface area (Å²) in [4.78, 5) is 10.4. The summed E-state index contributed by atoms with van der Waals surface area (Å²) < 4.78 is 7.42. The zero-order valence-electron chi connectivity index (χ0n) is 11.0. The molecule has 0 N–H and O–H groups in total. The molecule has 2 aromatic carbocycles. The summed E-state index contributed by atoms with van der Waals surface area (Å²) in [5.74, 6) is 0.755. The Morgan fingerprint density at radius 1 is 1.24 bits per heavy atom. The van der Waals surface area contributed by atoms with Gasteiger partial charge in [0, 0.05) is 17.5 Å². The van der Waals surface area contributed by atoms with Crippen LogP contribution in [0.1, 0.15) is 0 Å². The van der Waals surface area contributed by atoms with Crippen molar-refractivity contribution in [1.82, 2.24) is 9.78 Å². The molecule has 106 valence electrons. The second-order valence-corrected chi connectivity index (χ2v) is 5.11. The van der Waals surface area contributed by atoms with Crippen molar-refractivity contribution < 1.29 is 9.66 Å². The van der Waals surface area contributed by atoms with E-state index < -0.39 is 4.92 Å². The SMILES string of the molecule is COc1ccc(-n2nc(Br)c3cc([N+](=O)[O-])ccc32)cc1. The van der Waals surface area contributed by atoms with Gasteiger partial charge in [0.2, 0.25) is 0 Å². The quantitative estimate of drug-likeness (QED) is 0.534. The van der Waals surface area contributed by atoms with Crippen molar-refractivity contribution in [2.75, 3.05) is 7.11 Å². The van der Waals surface area contributed by atoms with Crippen LogP contribution in [-0.4, -0.2) is 21.8 Å². The lowest BCUT2D eigenvalue weighted by atomic mass is 10.2. The number of nitro groups is 1. The maximum absolute atomic E-state index is 10.9. The Morgan fingerprint density at radius 3 is 2.57 bits per heavy atom. The standard InChI is InChI=1S/C14H10BrN3O3/c1-21-11-5-2-9(3-6-11)17-13-7-4-10(18(19)20)8-12(13)14(15)16-17/h2-8H,1H3. The zero-order valence-corrected chi connectivity index (χ0v) is 12.6.